The zero-order valence-corrected chi connectivity index (χ0v) is 12.3. The molecule has 0 aliphatic rings. The molecule has 2 N–H and O–H groups in total. The lowest BCUT2D eigenvalue weighted by atomic mass is 10.0. The van der Waals surface area contributed by atoms with Crippen LogP contribution < -0.4 is 5.32 Å². The van der Waals surface area contributed by atoms with Gasteiger partial charge in [0.2, 0.25) is 5.82 Å². The fourth-order valence-electron chi connectivity index (χ4n) is 1.87. The molecule has 0 radical (unpaired) electrons. The van der Waals surface area contributed by atoms with Crippen LogP contribution in [0.25, 0.3) is 0 Å². The Morgan fingerprint density at radius 3 is 2.45 bits per heavy atom. The van der Waals surface area contributed by atoms with Crippen LogP contribution in [0.4, 0.5) is 0 Å². The van der Waals surface area contributed by atoms with Crippen LogP contribution >= 0.6 is 0 Å². The maximum Gasteiger partial charge on any atom is 0.289 e. The molecular formula is C15H20N4O. The van der Waals surface area contributed by atoms with E-state index in [9.17, 15) is 4.79 Å². The van der Waals surface area contributed by atoms with Crippen molar-refractivity contribution in [2.45, 2.75) is 39.2 Å². The summed E-state index contributed by atoms with van der Waals surface area (Å²) in [5.74, 6) is 0.768. The molecule has 106 valence electrons. The van der Waals surface area contributed by atoms with Gasteiger partial charge in [-0.2, -0.15) is 0 Å². The zero-order chi connectivity index (χ0) is 14.8. The lowest BCUT2D eigenvalue weighted by Gasteiger charge is -2.19. The minimum absolute atomic E-state index is 0.0693. The lowest BCUT2D eigenvalue weighted by Crippen LogP contribution is -2.41. The molecule has 5 heteroatoms. The highest BCUT2D eigenvalue weighted by molar-refractivity contribution is 5.90. The highest BCUT2D eigenvalue weighted by Gasteiger charge is 2.20. The van der Waals surface area contributed by atoms with Gasteiger partial charge in [0.05, 0.1) is 0 Å². The van der Waals surface area contributed by atoms with E-state index in [1.54, 1.807) is 0 Å². The highest BCUT2D eigenvalue weighted by Crippen LogP contribution is 2.20. The Morgan fingerprint density at radius 2 is 1.85 bits per heavy atom. The van der Waals surface area contributed by atoms with E-state index in [0.29, 0.717) is 5.82 Å². The summed E-state index contributed by atoms with van der Waals surface area (Å²) in [6.45, 7) is 7.81. The van der Waals surface area contributed by atoms with Crippen LogP contribution in [0.2, 0.25) is 0 Å². The summed E-state index contributed by atoms with van der Waals surface area (Å²) in [5.41, 5.74) is 0.834. The number of H-pyrrole nitrogens is 1. The third kappa shape index (κ3) is 3.44. The first-order valence-electron chi connectivity index (χ1n) is 6.67. The summed E-state index contributed by atoms with van der Waals surface area (Å²) in [5, 5.41) is 10.9. The minimum atomic E-state index is -0.297. The number of nitrogens with one attached hydrogen (secondary N) is 2. The van der Waals surface area contributed by atoms with Gasteiger partial charge in [-0.3, -0.25) is 4.79 Å². The number of aromatic nitrogens is 3. The Labute approximate surface area is 118 Å². The molecule has 5 nitrogen and oxygen atoms in total. The monoisotopic (exact) mass is 272 g/mol. The lowest BCUT2D eigenvalue weighted by molar-refractivity contribution is 0.0909. The smallest absolute Gasteiger partial charge is 0.289 e. The van der Waals surface area contributed by atoms with E-state index in [1.165, 1.54) is 0 Å². The van der Waals surface area contributed by atoms with Crippen molar-refractivity contribution in [3.8, 4) is 0 Å². The van der Waals surface area contributed by atoms with Crippen LogP contribution in [0.1, 0.15) is 55.6 Å². The SMILES string of the molecule is CC(c1ccccc1)c1nnc(C(=O)NC(C)(C)C)[nH]1. The number of benzene rings is 1. The maximum atomic E-state index is 12.0. The third-order valence-corrected chi connectivity index (χ3v) is 2.92. The van der Waals surface area contributed by atoms with Gasteiger partial charge in [0.25, 0.3) is 5.91 Å². The number of aromatic amines is 1. The summed E-state index contributed by atoms with van der Waals surface area (Å²) < 4.78 is 0. The van der Waals surface area contributed by atoms with Crippen molar-refractivity contribution in [1.29, 1.82) is 0 Å². The fourth-order valence-corrected chi connectivity index (χ4v) is 1.87. The molecule has 2 rings (SSSR count). The molecule has 0 bridgehead atoms. The molecule has 0 aliphatic heterocycles. The average Bonchev–Trinajstić information content (AvgIpc) is 2.86. The second-order valence-electron chi connectivity index (χ2n) is 5.90. The Balaban J connectivity index is 2.15. The second kappa shape index (κ2) is 5.45. The van der Waals surface area contributed by atoms with Gasteiger partial charge in [0.1, 0.15) is 5.82 Å². The third-order valence-electron chi connectivity index (χ3n) is 2.92. The van der Waals surface area contributed by atoms with Crippen LogP contribution in [0, 0.1) is 0 Å². The number of hydrogen-bond acceptors (Lipinski definition) is 3. The standard InChI is InChI=1S/C15H20N4O/c1-10(11-8-6-5-7-9-11)12-16-13(19-18-12)14(20)17-15(2,3)4/h5-10H,1-4H3,(H,17,20)(H,16,18,19). The number of amides is 1. The Kier molecular flexibility index (Phi) is 3.88. The molecular weight excluding hydrogens is 252 g/mol. The Bertz CT molecular complexity index is 583. The number of nitrogens with zero attached hydrogens (tertiary/aromatic N) is 2. The molecule has 1 aromatic carbocycles. The van der Waals surface area contributed by atoms with Gasteiger partial charge in [-0.25, -0.2) is 0 Å². The molecule has 0 aliphatic carbocycles. The number of carbonyl (C=O) groups excluding carboxylic acids is 1. The van der Waals surface area contributed by atoms with Gasteiger partial charge in [0.15, 0.2) is 0 Å². The van der Waals surface area contributed by atoms with Crippen molar-refractivity contribution >= 4 is 5.91 Å². The van der Waals surface area contributed by atoms with E-state index in [0.717, 1.165) is 5.56 Å². The van der Waals surface area contributed by atoms with E-state index < -0.39 is 0 Å². The normalized spacial score (nSPS) is 13.0. The summed E-state index contributed by atoms with van der Waals surface area (Å²) in [7, 11) is 0. The molecule has 2 aromatic rings. The van der Waals surface area contributed by atoms with Crippen molar-refractivity contribution < 1.29 is 4.79 Å². The molecule has 0 spiro atoms. The van der Waals surface area contributed by atoms with Crippen molar-refractivity contribution in [2.24, 2.45) is 0 Å². The first kappa shape index (κ1) is 14.2. The Hall–Kier alpha value is -2.17. The van der Waals surface area contributed by atoms with Gasteiger partial charge in [-0.05, 0) is 26.3 Å². The molecule has 1 atom stereocenters. The molecule has 1 aromatic heterocycles. The number of hydrogen-bond donors (Lipinski definition) is 2. The number of rotatable bonds is 3. The molecule has 1 amide bonds. The molecule has 1 unspecified atom stereocenters. The molecule has 20 heavy (non-hydrogen) atoms. The van der Waals surface area contributed by atoms with Crippen molar-refractivity contribution in [3.05, 3.63) is 47.5 Å². The largest absolute Gasteiger partial charge is 0.345 e. The quantitative estimate of drug-likeness (QED) is 0.901. The molecule has 0 saturated carbocycles. The number of carbonyl (C=O) groups is 1. The van der Waals surface area contributed by atoms with Gasteiger partial charge in [0, 0.05) is 11.5 Å². The van der Waals surface area contributed by atoms with Gasteiger partial charge in [-0.15, -0.1) is 10.2 Å². The van der Waals surface area contributed by atoms with Gasteiger partial charge >= 0.3 is 0 Å². The zero-order valence-electron chi connectivity index (χ0n) is 12.3. The van der Waals surface area contributed by atoms with Crippen molar-refractivity contribution in [1.82, 2.24) is 20.5 Å². The van der Waals surface area contributed by atoms with Crippen LogP contribution in [-0.2, 0) is 0 Å². The molecule has 1 heterocycles. The van der Waals surface area contributed by atoms with E-state index in [4.69, 9.17) is 0 Å². The summed E-state index contributed by atoms with van der Waals surface area (Å²) in [6.07, 6.45) is 0. The summed E-state index contributed by atoms with van der Waals surface area (Å²) in [4.78, 5) is 15.0. The van der Waals surface area contributed by atoms with Crippen LogP contribution in [-0.4, -0.2) is 26.6 Å². The molecule has 0 saturated heterocycles. The van der Waals surface area contributed by atoms with E-state index in [2.05, 4.69) is 20.5 Å². The van der Waals surface area contributed by atoms with E-state index >= 15 is 0 Å². The highest BCUT2D eigenvalue weighted by atomic mass is 16.2. The first-order chi connectivity index (χ1) is 9.37. The van der Waals surface area contributed by atoms with E-state index in [1.807, 2.05) is 58.0 Å². The maximum absolute atomic E-state index is 12.0. The average molecular weight is 272 g/mol. The van der Waals surface area contributed by atoms with Gasteiger partial charge in [-0.1, -0.05) is 37.3 Å². The predicted molar refractivity (Wildman–Crippen MR) is 77.6 cm³/mol. The first-order valence-corrected chi connectivity index (χ1v) is 6.67. The Morgan fingerprint density at radius 1 is 1.20 bits per heavy atom. The predicted octanol–water partition coefficient (Wildman–Crippen LogP) is 2.48. The topological polar surface area (TPSA) is 70.7 Å². The van der Waals surface area contributed by atoms with Crippen LogP contribution in [0.3, 0.4) is 0 Å². The van der Waals surface area contributed by atoms with Crippen LogP contribution in [0.5, 0.6) is 0 Å². The second-order valence-corrected chi connectivity index (χ2v) is 5.90. The minimum Gasteiger partial charge on any atom is -0.345 e. The van der Waals surface area contributed by atoms with Gasteiger partial charge < -0.3 is 10.3 Å². The summed E-state index contributed by atoms with van der Waals surface area (Å²) >= 11 is 0. The molecule has 0 fully saturated rings. The van der Waals surface area contributed by atoms with E-state index in [-0.39, 0.29) is 23.2 Å². The van der Waals surface area contributed by atoms with Crippen molar-refractivity contribution in [3.63, 3.8) is 0 Å². The summed E-state index contributed by atoms with van der Waals surface area (Å²) in [6, 6.07) is 9.99. The van der Waals surface area contributed by atoms with Crippen molar-refractivity contribution in [2.75, 3.05) is 0 Å². The van der Waals surface area contributed by atoms with Crippen LogP contribution in [0.15, 0.2) is 30.3 Å². The fraction of sp³-hybridized carbons (Fsp3) is 0.400.